The minimum Gasteiger partial charge on any atom is -0.327 e. The quantitative estimate of drug-likeness (QED) is 0.395. The summed E-state index contributed by atoms with van der Waals surface area (Å²) >= 11 is 0. The summed E-state index contributed by atoms with van der Waals surface area (Å²) < 4.78 is 2.01. The van der Waals surface area contributed by atoms with Gasteiger partial charge in [-0.25, -0.2) is 0 Å². The molecule has 1 aliphatic rings. The van der Waals surface area contributed by atoms with Gasteiger partial charge < -0.3 is 4.67 Å². The van der Waals surface area contributed by atoms with Crippen molar-refractivity contribution >= 4 is 14.6 Å². The summed E-state index contributed by atoms with van der Waals surface area (Å²) in [5, 5.41) is 0. The topological polar surface area (TPSA) is 20.3 Å². The van der Waals surface area contributed by atoms with Crippen molar-refractivity contribution in [2.75, 3.05) is 13.2 Å². The van der Waals surface area contributed by atoms with Crippen LogP contribution in [0.2, 0.25) is 0 Å². The molecule has 1 saturated carbocycles. The molecule has 0 aromatic carbocycles. The fourth-order valence-corrected chi connectivity index (χ4v) is 5.12. The largest absolute Gasteiger partial charge is 0.327 e. The zero-order valence-corrected chi connectivity index (χ0v) is 17.8. The van der Waals surface area contributed by atoms with Gasteiger partial charge in [-0.2, -0.15) is 0 Å². The third-order valence-electron chi connectivity index (χ3n) is 5.86. The Labute approximate surface area is 153 Å². The van der Waals surface area contributed by atoms with E-state index >= 15 is 0 Å². The van der Waals surface area contributed by atoms with Crippen LogP contribution in [0.3, 0.4) is 0 Å². The van der Waals surface area contributed by atoms with E-state index in [0.29, 0.717) is 14.6 Å². The molecule has 0 radical (unpaired) electrons. The van der Waals surface area contributed by atoms with E-state index in [4.69, 9.17) is 0 Å². The van der Waals surface area contributed by atoms with Gasteiger partial charge in [0.25, 0.3) is 0 Å². The van der Waals surface area contributed by atoms with Gasteiger partial charge in [-0.3, -0.25) is 4.79 Å². The molecule has 24 heavy (non-hydrogen) atoms. The molecule has 0 bridgehead atoms. The number of hydrogen-bond donors (Lipinski definition) is 0. The van der Waals surface area contributed by atoms with E-state index in [1.54, 1.807) is 0 Å². The van der Waals surface area contributed by atoms with E-state index in [0.717, 1.165) is 24.9 Å². The predicted octanol–water partition coefficient (Wildman–Crippen LogP) is 6.79. The third kappa shape index (κ3) is 7.85. The predicted molar refractivity (Wildman–Crippen MR) is 109 cm³/mol. The molecule has 142 valence electrons. The number of unbranched alkanes of at least 4 members (excludes halogenated alkanes) is 1. The molecule has 0 aliphatic heterocycles. The minimum absolute atomic E-state index is 0.130. The molecule has 1 rings (SSSR count). The van der Waals surface area contributed by atoms with E-state index in [2.05, 4.69) is 20.8 Å². The summed E-state index contributed by atoms with van der Waals surface area (Å²) in [7, 11) is 2.64. The van der Waals surface area contributed by atoms with E-state index in [1.165, 1.54) is 70.6 Å². The van der Waals surface area contributed by atoms with Crippen LogP contribution in [-0.4, -0.2) is 23.8 Å². The number of hydrogen-bond acceptors (Lipinski definition) is 1. The molecule has 3 heteroatoms. The molecule has 0 heterocycles. The SMILES string of the molecule is CCCCC(C)(CCCC1CCCCCCC1)C(=O)N(C)PCC. The highest BCUT2D eigenvalue weighted by atomic mass is 31.1. The minimum atomic E-state index is -0.130. The van der Waals surface area contributed by atoms with Gasteiger partial charge in [0.1, 0.15) is 0 Å². The van der Waals surface area contributed by atoms with Gasteiger partial charge in [-0.1, -0.05) is 91.4 Å². The maximum Gasteiger partial charge on any atom is 0.231 e. The van der Waals surface area contributed by atoms with Crippen molar-refractivity contribution in [2.24, 2.45) is 11.3 Å². The van der Waals surface area contributed by atoms with Gasteiger partial charge in [0.15, 0.2) is 0 Å². The standard InChI is InChI=1S/C21H42NOP/c1-5-7-17-21(3,20(23)22(4)24-6-2)18-13-16-19-14-11-9-8-10-12-15-19/h19,24H,5-18H2,1-4H3. The molecule has 2 unspecified atom stereocenters. The van der Waals surface area contributed by atoms with E-state index in [1.807, 2.05) is 11.7 Å². The van der Waals surface area contributed by atoms with Crippen LogP contribution in [0.4, 0.5) is 0 Å². The first-order chi connectivity index (χ1) is 11.5. The molecule has 0 N–H and O–H groups in total. The Kier molecular flexibility index (Phi) is 11.2. The average molecular weight is 356 g/mol. The molecule has 1 aliphatic carbocycles. The van der Waals surface area contributed by atoms with Gasteiger partial charge >= 0.3 is 0 Å². The summed E-state index contributed by atoms with van der Waals surface area (Å²) in [6.45, 7) is 6.64. The van der Waals surface area contributed by atoms with Gasteiger partial charge in [0.2, 0.25) is 5.91 Å². The van der Waals surface area contributed by atoms with E-state index in [9.17, 15) is 4.79 Å². The lowest BCUT2D eigenvalue weighted by Crippen LogP contribution is -2.36. The Balaban J connectivity index is 2.52. The van der Waals surface area contributed by atoms with Gasteiger partial charge in [-0.05, 0) is 33.7 Å². The highest BCUT2D eigenvalue weighted by molar-refractivity contribution is 7.36. The Morgan fingerprint density at radius 2 is 1.62 bits per heavy atom. The number of nitrogens with zero attached hydrogens (tertiary/aromatic N) is 1. The Morgan fingerprint density at radius 3 is 2.21 bits per heavy atom. The summed E-state index contributed by atoms with van der Waals surface area (Å²) in [4.78, 5) is 13.0. The fourth-order valence-electron chi connectivity index (χ4n) is 4.23. The first-order valence-electron chi connectivity index (χ1n) is 10.5. The van der Waals surface area contributed by atoms with Crippen LogP contribution in [0.5, 0.6) is 0 Å². The molecule has 2 nitrogen and oxygen atoms in total. The number of rotatable bonds is 10. The van der Waals surface area contributed by atoms with Gasteiger partial charge in [0, 0.05) is 12.5 Å². The third-order valence-corrected chi connectivity index (χ3v) is 6.86. The van der Waals surface area contributed by atoms with Gasteiger partial charge in [0.05, 0.1) is 0 Å². The zero-order valence-electron chi connectivity index (χ0n) is 16.8. The first-order valence-corrected chi connectivity index (χ1v) is 11.7. The van der Waals surface area contributed by atoms with Crippen LogP contribution < -0.4 is 0 Å². The lowest BCUT2D eigenvalue weighted by molar-refractivity contribution is -0.136. The summed E-state index contributed by atoms with van der Waals surface area (Å²) in [6.07, 6.45) is 18.2. The smallest absolute Gasteiger partial charge is 0.231 e. The average Bonchev–Trinajstić information content (AvgIpc) is 2.54. The molecular formula is C21H42NOP. The van der Waals surface area contributed by atoms with Crippen LogP contribution in [0, 0.1) is 11.3 Å². The second-order valence-corrected chi connectivity index (χ2v) is 9.84. The first kappa shape index (κ1) is 21.9. The summed E-state index contributed by atoms with van der Waals surface area (Å²) in [5.41, 5.74) is -0.130. The van der Waals surface area contributed by atoms with Crippen molar-refractivity contribution in [3.05, 3.63) is 0 Å². The fraction of sp³-hybridized carbons (Fsp3) is 0.952. The van der Waals surface area contributed by atoms with E-state index in [-0.39, 0.29) is 5.41 Å². The van der Waals surface area contributed by atoms with Gasteiger partial charge in [-0.15, -0.1) is 0 Å². The number of carbonyl (C=O) groups excluding carboxylic acids is 1. The summed E-state index contributed by atoms with van der Waals surface area (Å²) in [6, 6.07) is 0. The second-order valence-electron chi connectivity index (χ2n) is 8.14. The van der Waals surface area contributed by atoms with Crippen LogP contribution in [-0.2, 0) is 4.79 Å². The van der Waals surface area contributed by atoms with Crippen molar-refractivity contribution < 1.29 is 4.79 Å². The Morgan fingerprint density at radius 1 is 1.04 bits per heavy atom. The van der Waals surface area contributed by atoms with Crippen LogP contribution >= 0.6 is 8.73 Å². The molecule has 0 aromatic rings. The maximum absolute atomic E-state index is 13.0. The number of carbonyl (C=O) groups is 1. The highest BCUT2D eigenvalue weighted by Crippen LogP contribution is 2.37. The Bertz CT molecular complexity index is 339. The van der Waals surface area contributed by atoms with Crippen molar-refractivity contribution in [3.8, 4) is 0 Å². The molecule has 1 amide bonds. The molecule has 0 aromatic heterocycles. The van der Waals surface area contributed by atoms with Crippen molar-refractivity contribution in [1.29, 1.82) is 0 Å². The van der Waals surface area contributed by atoms with Crippen molar-refractivity contribution in [3.63, 3.8) is 0 Å². The second kappa shape index (κ2) is 12.3. The van der Waals surface area contributed by atoms with Crippen LogP contribution in [0.25, 0.3) is 0 Å². The molecule has 2 atom stereocenters. The van der Waals surface area contributed by atoms with Crippen molar-refractivity contribution in [1.82, 2.24) is 4.67 Å². The molecule has 0 saturated heterocycles. The maximum atomic E-state index is 13.0. The lowest BCUT2D eigenvalue weighted by atomic mass is 9.77. The monoisotopic (exact) mass is 355 g/mol. The molecular weight excluding hydrogens is 313 g/mol. The molecule has 1 fully saturated rings. The van der Waals surface area contributed by atoms with Crippen molar-refractivity contribution in [2.45, 2.75) is 104 Å². The number of amides is 1. The van der Waals surface area contributed by atoms with E-state index < -0.39 is 0 Å². The molecule has 0 spiro atoms. The lowest BCUT2D eigenvalue weighted by Gasteiger charge is -2.33. The normalized spacial score (nSPS) is 19.8. The van der Waals surface area contributed by atoms with Crippen LogP contribution in [0.1, 0.15) is 104 Å². The summed E-state index contributed by atoms with van der Waals surface area (Å²) in [5.74, 6) is 1.32. The van der Waals surface area contributed by atoms with Crippen LogP contribution in [0.15, 0.2) is 0 Å². The highest BCUT2D eigenvalue weighted by Gasteiger charge is 2.34. The Hall–Kier alpha value is -0.100. The zero-order chi connectivity index (χ0) is 17.8.